The molecule has 2 N–H and O–H groups in total. The molecule has 1 aliphatic rings. The number of benzene rings is 1. The summed E-state index contributed by atoms with van der Waals surface area (Å²) in [5, 5.41) is 16.3. The molecule has 108 valence electrons. The number of nitrogens with zero attached hydrogens (tertiary/aromatic N) is 1. The molecule has 3 heteroatoms. The Kier molecular flexibility index (Phi) is 5.81. The average Bonchev–Trinajstić information content (AvgIpc) is 2.51. The van der Waals surface area contributed by atoms with Gasteiger partial charge in [0.05, 0.1) is 5.71 Å². The molecule has 0 amide bonds. The lowest BCUT2D eigenvalue weighted by Gasteiger charge is -2.28. The van der Waals surface area contributed by atoms with Crippen molar-refractivity contribution >= 4 is 5.71 Å². The monoisotopic (exact) mass is 272 g/mol. The summed E-state index contributed by atoms with van der Waals surface area (Å²) in [7, 11) is 0. The molecule has 2 atom stereocenters. The second-order valence-electron chi connectivity index (χ2n) is 5.35. The first kappa shape index (κ1) is 14.8. The Morgan fingerprint density at radius 1 is 1.30 bits per heavy atom. The largest absolute Gasteiger partial charge is 0.411 e. The van der Waals surface area contributed by atoms with Gasteiger partial charge in [0.25, 0.3) is 0 Å². The van der Waals surface area contributed by atoms with Gasteiger partial charge >= 0.3 is 0 Å². The van der Waals surface area contributed by atoms with Gasteiger partial charge < -0.3 is 10.5 Å². The van der Waals surface area contributed by atoms with Crippen molar-refractivity contribution in [1.29, 1.82) is 0 Å². The maximum Gasteiger partial charge on any atom is 0.0868 e. The zero-order chi connectivity index (χ0) is 14.2. The Morgan fingerprint density at radius 2 is 2.10 bits per heavy atom. The molecule has 20 heavy (non-hydrogen) atoms. The molecular weight excluding hydrogens is 248 g/mol. The van der Waals surface area contributed by atoms with Gasteiger partial charge in [-0.25, -0.2) is 0 Å². The quantitative estimate of drug-likeness (QED) is 0.360. The molecule has 0 bridgehead atoms. The van der Waals surface area contributed by atoms with Crippen LogP contribution in [0, 0.1) is 5.92 Å². The van der Waals surface area contributed by atoms with E-state index in [1.165, 1.54) is 12.8 Å². The molecule has 0 aromatic heterocycles. The minimum atomic E-state index is 0.532. The van der Waals surface area contributed by atoms with Crippen LogP contribution < -0.4 is 5.32 Å². The molecule has 0 saturated carbocycles. The summed E-state index contributed by atoms with van der Waals surface area (Å²) in [4.78, 5) is 0. The molecule has 0 radical (unpaired) electrons. The number of oxime groups is 1. The zero-order valence-electron chi connectivity index (χ0n) is 12.1. The summed E-state index contributed by atoms with van der Waals surface area (Å²) in [5.74, 6) is 0.532. The van der Waals surface area contributed by atoms with Crippen LogP contribution in [0.15, 0.2) is 47.6 Å². The number of hydrogen-bond acceptors (Lipinski definition) is 3. The Bertz CT molecular complexity index is 453. The molecular formula is C17H24N2O. The summed E-state index contributed by atoms with van der Waals surface area (Å²) in [6, 6.07) is 10.5. The van der Waals surface area contributed by atoms with Gasteiger partial charge in [0.2, 0.25) is 0 Å². The van der Waals surface area contributed by atoms with E-state index in [2.05, 4.69) is 29.5 Å². The Labute approximate surface area is 121 Å². The second-order valence-corrected chi connectivity index (χ2v) is 5.35. The number of rotatable bonds is 6. The van der Waals surface area contributed by atoms with Gasteiger partial charge in [0.1, 0.15) is 0 Å². The summed E-state index contributed by atoms with van der Waals surface area (Å²) in [5.41, 5.74) is 1.79. The fraction of sp³-hybridized carbons (Fsp3) is 0.471. The van der Waals surface area contributed by atoms with Gasteiger partial charge in [-0.3, -0.25) is 0 Å². The molecule has 0 spiro atoms. The lowest BCUT2D eigenvalue weighted by Crippen LogP contribution is -2.38. The molecule has 1 aliphatic heterocycles. The normalized spacial score (nSPS) is 22.9. The van der Waals surface area contributed by atoms with Crippen molar-refractivity contribution in [3.05, 3.63) is 48.0 Å². The van der Waals surface area contributed by atoms with E-state index < -0.39 is 0 Å². The van der Waals surface area contributed by atoms with E-state index in [4.69, 9.17) is 0 Å². The smallest absolute Gasteiger partial charge is 0.0868 e. The molecule has 2 unspecified atom stereocenters. The van der Waals surface area contributed by atoms with E-state index in [9.17, 15) is 5.21 Å². The van der Waals surface area contributed by atoms with Crippen molar-refractivity contribution in [1.82, 2.24) is 5.32 Å². The first-order valence-electron chi connectivity index (χ1n) is 7.51. The Balaban J connectivity index is 1.96. The Morgan fingerprint density at radius 3 is 2.80 bits per heavy atom. The second kappa shape index (κ2) is 7.85. The van der Waals surface area contributed by atoms with Gasteiger partial charge in [-0.15, -0.1) is 0 Å². The van der Waals surface area contributed by atoms with E-state index >= 15 is 0 Å². The predicted molar refractivity (Wildman–Crippen MR) is 83.3 cm³/mol. The average molecular weight is 272 g/mol. The van der Waals surface area contributed by atoms with Crippen LogP contribution >= 0.6 is 0 Å². The van der Waals surface area contributed by atoms with E-state index in [1.54, 1.807) is 0 Å². The van der Waals surface area contributed by atoms with Gasteiger partial charge in [-0.1, -0.05) is 61.0 Å². The summed E-state index contributed by atoms with van der Waals surface area (Å²) >= 11 is 0. The SMILES string of the molecule is CCCC1NCC=CC1CCC(=NO)c1ccccc1. The van der Waals surface area contributed by atoms with Crippen molar-refractivity contribution in [2.45, 2.75) is 38.6 Å². The maximum atomic E-state index is 9.23. The minimum absolute atomic E-state index is 0.532. The van der Waals surface area contributed by atoms with Crippen LogP contribution in [-0.4, -0.2) is 23.5 Å². The molecule has 3 nitrogen and oxygen atoms in total. The molecule has 0 aliphatic carbocycles. The molecule has 0 saturated heterocycles. The maximum absolute atomic E-state index is 9.23. The zero-order valence-corrected chi connectivity index (χ0v) is 12.1. The predicted octanol–water partition coefficient (Wildman–Crippen LogP) is 3.59. The van der Waals surface area contributed by atoms with Crippen LogP contribution in [0.25, 0.3) is 0 Å². The first-order chi connectivity index (χ1) is 9.85. The molecule has 0 fully saturated rings. The third-order valence-corrected chi connectivity index (χ3v) is 3.94. The van der Waals surface area contributed by atoms with Crippen LogP contribution in [-0.2, 0) is 0 Å². The summed E-state index contributed by atoms with van der Waals surface area (Å²) in [6.45, 7) is 3.20. The van der Waals surface area contributed by atoms with E-state index in [-0.39, 0.29) is 0 Å². The van der Waals surface area contributed by atoms with Gasteiger partial charge in [0.15, 0.2) is 0 Å². The number of hydrogen-bond donors (Lipinski definition) is 2. The molecule has 1 aromatic carbocycles. The van der Waals surface area contributed by atoms with Crippen LogP contribution in [0.3, 0.4) is 0 Å². The van der Waals surface area contributed by atoms with Gasteiger partial charge in [0, 0.05) is 12.6 Å². The first-order valence-corrected chi connectivity index (χ1v) is 7.51. The summed E-state index contributed by atoms with van der Waals surface area (Å²) in [6.07, 6.45) is 8.74. The lowest BCUT2D eigenvalue weighted by atomic mass is 9.87. The Hall–Kier alpha value is -1.61. The van der Waals surface area contributed by atoms with Crippen molar-refractivity contribution in [3.63, 3.8) is 0 Å². The number of nitrogens with one attached hydrogen (secondary N) is 1. The fourth-order valence-electron chi connectivity index (χ4n) is 2.86. The van der Waals surface area contributed by atoms with Crippen LogP contribution in [0.5, 0.6) is 0 Å². The topological polar surface area (TPSA) is 44.6 Å². The third-order valence-electron chi connectivity index (χ3n) is 3.94. The highest BCUT2D eigenvalue weighted by Crippen LogP contribution is 2.21. The van der Waals surface area contributed by atoms with Crippen molar-refractivity contribution in [3.8, 4) is 0 Å². The van der Waals surface area contributed by atoms with Crippen LogP contribution in [0.2, 0.25) is 0 Å². The van der Waals surface area contributed by atoms with E-state index in [0.717, 1.165) is 30.7 Å². The lowest BCUT2D eigenvalue weighted by molar-refractivity contribution is 0.316. The van der Waals surface area contributed by atoms with Crippen LogP contribution in [0.1, 0.15) is 38.2 Å². The molecule has 2 rings (SSSR count). The highest BCUT2D eigenvalue weighted by atomic mass is 16.4. The highest BCUT2D eigenvalue weighted by Gasteiger charge is 2.21. The highest BCUT2D eigenvalue weighted by molar-refractivity contribution is 6.00. The summed E-state index contributed by atoms with van der Waals surface area (Å²) < 4.78 is 0. The molecule has 1 heterocycles. The van der Waals surface area contributed by atoms with Gasteiger partial charge in [-0.2, -0.15) is 0 Å². The van der Waals surface area contributed by atoms with Crippen molar-refractivity contribution in [2.75, 3.05) is 6.54 Å². The van der Waals surface area contributed by atoms with Gasteiger partial charge in [-0.05, 0) is 30.7 Å². The molecule has 1 aromatic rings. The minimum Gasteiger partial charge on any atom is -0.411 e. The van der Waals surface area contributed by atoms with E-state index in [0.29, 0.717) is 12.0 Å². The standard InChI is InChI=1S/C17H24N2O/c1-2-7-16-15(10-6-13-18-16)11-12-17(19-20)14-8-4-3-5-9-14/h3-6,8-10,15-16,18,20H,2,7,11-13H2,1H3. The third kappa shape index (κ3) is 3.94. The fourth-order valence-corrected chi connectivity index (χ4v) is 2.86. The van der Waals surface area contributed by atoms with Crippen molar-refractivity contribution in [2.24, 2.45) is 11.1 Å². The van der Waals surface area contributed by atoms with E-state index in [1.807, 2.05) is 30.3 Å². The van der Waals surface area contributed by atoms with Crippen LogP contribution in [0.4, 0.5) is 0 Å². The van der Waals surface area contributed by atoms with Crippen molar-refractivity contribution < 1.29 is 5.21 Å².